The van der Waals surface area contributed by atoms with Gasteiger partial charge in [-0.2, -0.15) is 5.26 Å². The smallest absolute Gasteiger partial charge is 0.273 e. The third-order valence-electron chi connectivity index (χ3n) is 4.24. The first kappa shape index (κ1) is 17.4. The summed E-state index contributed by atoms with van der Waals surface area (Å²) in [4.78, 5) is 28.9. The summed E-state index contributed by atoms with van der Waals surface area (Å²) in [5.74, 6) is 0.0762. The van der Waals surface area contributed by atoms with Crippen LogP contribution in [0.2, 0.25) is 0 Å². The van der Waals surface area contributed by atoms with Gasteiger partial charge in [0.2, 0.25) is 5.88 Å². The number of likely N-dealkylation sites (tertiary alicyclic amines) is 1. The number of nitrogens with zero attached hydrogens (tertiary/aromatic N) is 4. The van der Waals surface area contributed by atoms with Crippen molar-refractivity contribution >= 4 is 11.6 Å². The van der Waals surface area contributed by atoms with Crippen LogP contribution in [0.1, 0.15) is 27.9 Å². The molecule has 1 aliphatic heterocycles. The predicted molar refractivity (Wildman–Crippen MR) is 91.7 cm³/mol. The van der Waals surface area contributed by atoms with Gasteiger partial charge < -0.3 is 9.64 Å². The molecule has 1 aromatic heterocycles. The van der Waals surface area contributed by atoms with E-state index in [1.807, 2.05) is 6.07 Å². The number of pyridine rings is 1. The summed E-state index contributed by atoms with van der Waals surface area (Å²) in [7, 11) is 0. The molecule has 2 aromatic rings. The lowest BCUT2D eigenvalue weighted by atomic mass is 10.1. The number of benzene rings is 1. The van der Waals surface area contributed by atoms with E-state index in [-0.39, 0.29) is 23.3 Å². The van der Waals surface area contributed by atoms with Crippen molar-refractivity contribution in [2.75, 3.05) is 13.1 Å². The Morgan fingerprint density at radius 2 is 2.23 bits per heavy atom. The molecular weight excluding hydrogens is 336 g/mol. The average molecular weight is 352 g/mol. The number of hydrogen-bond donors (Lipinski definition) is 0. The molecule has 0 N–H and O–H groups in total. The van der Waals surface area contributed by atoms with Gasteiger partial charge in [-0.05, 0) is 19.1 Å². The van der Waals surface area contributed by atoms with E-state index in [0.717, 1.165) is 0 Å². The lowest BCUT2D eigenvalue weighted by Crippen LogP contribution is -2.31. The van der Waals surface area contributed by atoms with Crippen LogP contribution in [-0.2, 0) is 0 Å². The first-order chi connectivity index (χ1) is 12.5. The van der Waals surface area contributed by atoms with Crippen LogP contribution in [0, 0.1) is 28.4 Å². The summed E-state index contributed by atoms with van der Waals surface area (Å²) < 4.78 is 5.75. The summed E-state index contributed by atoms with van der Waals surface area (Å²) in [6.07, 6.45) is 1.89. The fourth-order valence-electron chi connectivity index (χ4n) is 2.84. The van der Waals surface area contributed by atoms with Crippen molar-refractivity contribution < 1.29 is 14.5 Å². The molecule has 8 heteroatoms. The molecule has 1 atom stereocenters. The van der Waals surface area contributed by atoms with E-state index in [1.165, 1.54) is 12.3 Å². The summed E-state index contributed by atoms with van der Waals surface area (Å²) in [6.45, 7) is 2.48. The Hall–Kier alpha value is -3.47. The maximum atomic E-state index is 12.6. The first-order valence-corrected chi connectivity index (χ1v) is 8.05. The minimum Gasteiger partial charge on any atom is -0.472 e. The molecule has 2 heterocycles. The Morgan fingerprint density at radius 3 is 2.96 bits per heavy atom. The molecule has 1 saturated heterocycles. The number of nitriles is 1. The summed E-state index contributed by atoms with van der Waals surface area (Å²) in [6, 6.07) is 9.63. The van der Waals surface area contributed by atoms with E-state index in [2.05, 4.69) is 4.98 Å². The Balaban J connectivity index is 1.68. The minimum absolute atomic E-state index is 0.0691. The number of carbonyl (C=O) groups is 1. The van der Waals surface area contributed by atoms with Crippen molar-refractivity contribution in [1.29, 1.82) is 5.26 Å². The molecule has 3 rings (SSSR count). The number of ether oxygens (including phenoxy) is 1. The monoisotopic (exact) mass is 352 g/mol. The summed E-state index contributed by atoms with van der Waals surface area (Å²) in [5.41, 5.74) is 1.18. The predicted octanol–water partition coefficient (Wildman–Crippen LogP) is 2.46. The van der Waals surface area contributed by atoms with Crippen LogP contribution < -0.4 is 4.74 Å². The third kappa shape index (κ3) is 3.62. The van der Waals surface area contributed by atoms with Crippen LogP contribution in [0.5, 0.6) is 5.88 Å². The fraction of sp³-hybridized carbons (Fsp3) is 0.278. The highest BCUT2D eigenvalue weighted by atomic mass is 16.6. The molecule has 0 aliphatic carbocycles. The molecule has 8 nitrogen and oxygen atoms in total. The molecule has 0 bridgehead atoms. The van der Waals surface area contributed by atoms with E-state index in [0.29, 0.717) is 36.5 Å². The molecule has 0 radical (unpaired) electrons. The number of aromatic nitrogens is 1. The zero-order valence-corrected chi connectivity index (χ0v) is 14.1. The van der Waals surface area contributed by atoms with Crippen molar-refractivity contribution in [3.63, 3.8) is 0 Å². The number of nitro groups is 1. The van der Waals surface area contributed by atoms with E-state index in [4.69, 9.17) is 10.00 Å². The molecule has 132 valence electrons. The van der Waals surface area contributed by atoms with Crippen LogP contribution in [0.15, 0.2) is 36.5 Å². The minimum atomic E-state index is -0.490. The standard InChI is InChI=1S/C18H16N4O4/c1-12-2-3-14(9-16(12)22(24)25)18(23)21-7-5-15(11-21)26-17-8-13(10-19)4-6-20-17/h2-4,6,8-9,15H,5,7,11H2,1H3. The first-order valence-electron chi connectivity index (χ1n) is 8.05. The molecule has 1 aliphatic rings. The SMILES string of the molecule is Cc1ccc(C(=O)N2CCC(Oc3cc(C#N)ccn3)C2)cc1[N+](=O)[O-]. The van der Waals surface area contributed by atoms with Crippen LogP contribution in [0.25, 0.3) is 0 Å². The topological polar surface area (TPSA) is 109 Å². The van der Waals surface area contributed by atoms with Gasteiger partial charge in [0.05, 0.1) is 23.1 Å². The molecule has 1 aromatic carbocycles. The Bertz CT molecular complexity index is 906. The highest BCUT2D eigenvalue weighted by Crippen LogP contribution is 2.23. The number of rotatable bonds is 4. The van der Waals surface area contributed by atoms with Gasteiger partial charge in [-0.25, -0.2) is 4.98 Å². The van der Waals surface area contributed by atoms with Gasteiger partial charge in [0.1, 0.15) is 6.10 Å². The number of hydrogen-bond acceptors (Lipinski definition) is 6. The van der Waals surface area contributed by atoms with E-state index >= 15 is 0 Å². The van der Waals surface area contributed by atoms with Gasteiger partial charge in [0.25, 0.3) is 11.6 Å². The molecule has 1 fully saturated rings. The van der Waals surface area contributed by atoms with Crippen LogP contribution in [0.4, 0.5) is 5.69 Å². The van der Waals surface area contributed by atoms with Crippen molar-refractivity contribution in [3.8, 4) is 11.9 Å². The fourth-order valence-corrected chi connectivity index (χ4v) is 2.84. The lowest BCUT2D eigenvalue weighted by Gasteiger charge is -2.17. The van der Waals surface area contributed by atoms with Gasteiger partial charge >= 0.3 is 0 Å². The molecule has 1 unspecified atom stereocenters. The molecule has 0 saturated carbocycles. The second-order valence-electron chi connectivity index (χ2n) is 6.03. The van der Waals surface area contributed by atoms with E-state index < -0.39 is 4.92 Å². The van der Waals surface area contributed by atoms with Crippen molar-refractivity contribution in [2.45, 2.75) is 19.4 Å². The maximum Gasteiger partial charge on any atom is 0.273 e. The third-order valence-corrected chi connectivity index (χ3v) is 4.24. The number of amides is 1. The summed E-state index contributed by atoms with van der Waals surface area (Å²) >= 11 is 0. The molecule has 0 spiro atoms. The van der Waals surface area contributed by atoms with Gasteiger partial charge in [0, 0.05) is 42.4 Å². The Morgan fingerprint density at radius 1 is 1.42 bits per heavy atom. The van der Waals surface area contributed by atoms with Crippen LogP contribution >= 0.6 is 0 Å². The second-order valence-corrected chi connectivity index (χ2v) is 6.03. The molecular formula is C18H16N4O4. The molecule has 26 heavy (non-hydrogen) atoms. The van der Waals surface area contributed by atoms with Gasteiger partial charge in [-0.3, -0.25) is 14.9 Å². The highest BCUT2D eigenvalue weighted by molar-refractivity contribution is 5.95. The van der Waals surface area contributed by atoms with Gasteiger partial charge in [-0.1, -0.05) is 6.07 Å². The van der Waals surface area contributed by atoms with E-state index in [1.54, 1.807) is 36.1 Å². The number of aryl methyl sites for hydroxylation is 1. The van der Waals surface area contributed by atoms with Crippen molar-refractivity contribution in [3.05, 3.63) is 63.3 Å². The average Bonchev–Trinajstić information content (AvgIpc) is 3.10. The largest absolute Gasteiger partial charge is 0.472 e. The molecule has 1 amide bonds. The zero-order valence-electron chi connectivity index (χ0n) is 14.1. The van der Waals surface area contributed by atoms with Crippen LogP contribution in [0.3, 0.4) is 0 Å². The lowest BCUT2D eigenvalue weighted by molar-refractivity contribution is -0.385. The maximum absolute atomic E-state index is 12.6. The quantitative estimate of drug-likeness (QED) is 0.617. The normalized spacial score (nSPS) is 16.2. The zero-order chi connectivity index (χ0) is 18.7. The second kappa shape index (κ2) is 7.19. The van der Waals surface area contributed by atoms with E-state index in [9.17, 15) is 14.9 Å². The number of nitro benzene ring substituents is 1. The number of carbonyl (C=O) groups excluding carboxylic acids is 1. The summed E-state index contributed by atoms with van der Waals surface area (Å²) in [5, 5.41) is 20.0. The van der Waals surface area contributed by atoms with Crippen molar-refractivity contribution in [1.82, 2.24) is 9.88 Å². The van der Waals surface area contributed by atoms with Gasteiger partial charge in [-0.15, -0.1) is 0 Å². The Kier molecular flexibility index (Phi) is 4.80. The highest BCUT2D eigenvalue weighted by Gasteiger charge is 2.29. The van der Waals surface area contributed by atoms with Crippen molar-refractivity contribution in [2.24, 2.45) is 0 Å². The van der Waals surface area contributed by atoms with Crippen LogP contribution in [-0.4, -0.2) is 39.9 Å². The Labute approximate surface area is 149 Å². The van der Waals surface area contributed by atoms with Gasteiger partial charge in [0.15, 0.2) is 0 Å².